The molecule has 1 aliphatic heterocycles. The van der Waals surface area contributed by atoms with Crippen LogP contribution in [0.2, 0.25) is 0 Å². The Labute approximate surface area is 123 Å². The predicted molar refractivity (Wildman–Crippen MR) is 81.6 cm³/mol. The van der Waals surface area contributed by atoms with E-state index in [1.54, 1.807) is 6.92 Å². The largest absolute Gasteiger partial charge is 0.387 e. The summed E-state index contributed by atoms with van der Waals surface area (Å²) in [5.41, 5.74) is -1.30. The number of hydrogen-bond acceptors (Lipinski definition) is 4. The second-order valence-electron chi connectivity index (χ2n) is 7.18. The molecule has 0 aromatic heterocycles. The number of amides is 1. The van der Waals surface area contributed by atoms with Gasteiger partial charge < -0.3 is 20.6 Å². The maximum absolute atomic E-state index is 12.4. The Balaban J connectivity index is 2.52. The molecule has 20 heavy (non-hydrogen) atoms. The van der Waals surface area contributed by atoms with Gasteiger partial charge in [0, 0.05) is 18.5 Å². The van der Waals surface area contributed by atoms with E-state index in [4.69, 9.17) is 0 Å². The monoisotopic (exact) mass is 285 g/mol. The summed E-state index contributed by atoms with van der Waals surface area (Å²) in [4.78, 5) is 14.4. The quantitative estimate of drug-likeness (QED) is 0.663. The molecule has 0 bridgehead atoms. The molecule has 0 aliphatic carbocycles. The van der Waals surface area contributed by atoms with Crippen LogP contribution in [0, 0.1) is 11.3 Å². The molecule has 5 nitrogen and oxygen atoms in total. The fraction of sp³-hybridized carbons (Fsp3) is 0.933. The zero-order chi connectivity index (χ0) is 15.4. The van der Waals surface area contributed by atoms with E-state index in [-0.39, 0.29) is 12.5 Å². The molecule has 1 saturated heterocycles. The number of piperidine rings is 1. The summed E-state index contributed by atoms with van der Waals surface area (Å²) in [5, 5.41) is 16.5. The zero-order valence-electron chi connectivity index (χ0n) is 13.6. The number of carbonyl (C=O) groups excluding carboxylic acids is 1. The van der Waals surface area contributed by atoms with Crippen LogP contribution in [0.4, 0.5) is 0 Å². The minimum Gasteiger partial charge on any atom is -0.387 e. The molecule has 3 N–H and O–H groups in total. The summed E-state index contributed by atoms with van der Waals surface area (Å²) in [6, 6.07) is 0. The predicted octanol–water partition coefficient (Wildman–Crippen LogP) is 0.441. The highest BCUT2D eigenvalue weighted by Gasteiger charge is 2.37. The Morgan fingerprint density at radius 1 is 1.40 bits per heavy atom. The lowest BCUT2D eigenvalue weighted by Crippen LogP contribution is -2.52. The standard InChI is InChI=1S/C15H31N3O2/c1-14(2,12-7-6-8-16-9-12)13(19)17-10-15(3,20)11-18(4)5/h12,16,20H,6-11H2,1-5H3,(H,17,19). The molecule has 2 atom stereocenters. The van der Waals surface area contributed by atoms with Gasteiger partial charge in [0.15, 0.2) is 0 Å². The van der Waals surface area contributed by atoms with Crippen LogP contribution in [-0.4, -0.2) is 61.8 Å². The van der Waals surface area contributed by atoms with E-state index in [0.717, 1.165) is 25.9 Å². The zero-order valence-corrected chi connectivity index (χ0v) is 13.6. The molecular formula is C15H31N3O2. The number of aliphatic hydroxyl groups is 1. The highest BCUT2D eigenvalue weighted by Crippen LogP contribution is 2.31. The maximum atomic E-state index is 12.4. The molecule has 1 fully saturated rings. The first-order valence-electron chi connectivity index (χ1n) is 7.51. The first-order chi connectivity index (χ1) is 9.15. The smallest absolute Gasteiger partial charge is 0.226 e. The van der Waals surface area contributed by atoms with Crippen molar-refractivity contribution in [1.29, 1.82) is 0 Å². The van der Waals surface area contributed by atoms with Gasteiger partial charge in [-0.05, 0) is 52.9 Å². The molecule has 118 valence electrons. The van der Waals surface area contributed by atoms with Gasteiger partial charge in [0.2, 0.25) is 5.91 Å². The van der Waals surface area contributed by atoms with Crippen LogP contribution in [0.25, 0.3) is 0 Å². The van der Waals surface area contributed by atoms with Crippen molar-refractivity contribution in [2.24, 2.45) is 11.3 Å². The van der Waals surface area contributed by atoms with Crippen molar-refractivity contribution < 1.29 is 9.90 Å². The van der Waals surface area contributed by atoms with Crippen LogP contribution in [-0.2, 0) is 4.79 Å². The molecule has 0 aromatic rings. The maximum Gasteiger partial charge on any atom is 0.226 e. The lowest BCUT2D eigenvalue weighted by Gasteiger charge is -2.37. The van der Waals surface area contributed by atoms with Crippen LogP contribution in [0.15, 0.2) is 0 Å². The Kier molecular flexibility index (Phi) is 5.98. The third-order valence-electron chi connectivity index (χ3n) is 4.19. The summed E-state index contributed by atoms with van der Waals surface area (Å²) in [6.45, 7) is 8.51. The van der Waals surface area contributed by atoms with E-state index >= 15 is 0 Å². The highest BCUT2D eigenvalue weighted by atomic mass is 16.3. The molecule has 1 amide bonds. The second-order valence-corrected chi connectivity index (χ2v) is 7.18. The van der Waals surface area contributed by atoms with Crippen LogP contribution < -0.4 is 10.6 Å². The summed E-state index contributed by atoms with van der Waals surface area (Å²) in [7, 11) is 3.82. The van der Waals surface area contributed by atoms with Crippen molar-refractivity contribution in [3.63, 3.8) is 0 Å². The Morgan fingerprint density at radius 2 is 2.05 bits per heavy atom. The SMILES string of the molecule is CN(C)CC(C)(O)CNC(=O)C(C)(C)C1CCCNC1. The van der Waals surface area contributed by atoms with Gasteiger partial charge in [-0.2, -0.15) is 0 Å². The molecule has 1 aliphatic rings. The fourth-order valence-corrected chi connectivity index (χ4v) is 2.89. The second kappa shape index (κ2) is 6.87. The number of likely N-dealkylation sites (N-methyl/N-ethyl adjacent to an activating group) is 1. The van der Waals surface area contributed by atoms with E-state index in [0.29, 0.717) is 12.5 Å². The van der Waals surface area contributed by atoms with E-state index in [2.05, 4.69) is 10.6 Å². The Hall–Kier alpha value is -0.650. The molecule has 1 rings (SSSR count). The Morgan fingerprint density at radius 3 is 2.55 bits per heavy atom. The lowest BCUT2D eigenvalue weighted by atomic mass is 9.74. The van der Waals surface area contributed by atoms with Gasteiger partial charge in [-0.25, -0.2) is 0 Å². The third-order valence-corrected chi connectivity index (χ3v) is 4.19. The van der Waals surface area contributed by atoms with Gasteiger partial charge in [-0.3, -0.25) is 4.79 Å². The molecule has 0 spiro atoms. The highest BCUT2D eigenvalue weighted by molar-refractivity contribution is 5.82. The number of hydrogen-bond donors (Lipinski definition) is 3. The molecule has 0 radical (unpaired) electrons. The average molecular weight is 285 g/mol. The molecule has 5 heteroatoms. The van der Waals surface area contributed by atoms with E-state index in [1.165, 1.54) is 0 Å². The van der Waals surface area contributed by atoms with Gasteiger partial charge in [0.25, 0.3) is 0 Å². The number of rotatable bonds is 6. The van der Waals surface area contributed by atoms with Gasteiger partial charge in [-0.1, -0.05) is 13.8 Å². The minimum atomic E-state index is -0.903. The van der Waals surface area contributed by atoms with Crippen LogP contribution in [0.5, 0.6) is 0 Å². The molecule has 0 aromatic carbocycles. The number of nitrogens with zero attached hydrogens (tertiary/aromatic N) is 1. The minimum absolute atomic E-state index is 0.0326. The normalized spacial score (nSPS) is 23.4. The van der Waals surface area contributed by atoms with Gasteiger partial charge in [-0.15, -0.1) is 0 Å². The fourth-order valence-electron chi connectivity index (χ4n) is 2.89. The van der Waals surface area contributed by atoms with Crippen molar-refractivity contribution >= 4 is 5.91 Å². The summed E-state index contributed by atoms with van der Waals surface area (Å²) in [5.74, 6) is 0.389. The van der Waals surface area contributed by atoms with Crippen LogP contribution in [0.1, 0.15) is 33.6 Å². The van der Waals surface area contributed by atoms with E-state index < -0.39 is 11.0 Å². The molecule has 1 heterocycles. The summed E-state index contributed by atoms with van der Waals surface area (Å²) < 4.78 is 0. The van der Waals surface area contributed by atoms with Gasteiger partial charge in [0.1, 0.15) is 0 Å². The summed E-state index contributed by atoms with van der Waals surface area (Å²) >= 11 is 0. The van der Waals surface area contributed by atoms with Crippen LogP contribution in [0.3, 0.4) is 0 Å². The number of nitrogens with one attached hydrogen (secondary N) is 2. The molecule has 0 saturated carbocycles. The third kappa shape index (κ3) is 5.04. The summed E-state index contributed by atoms with van der Waals surface area (Å²) in [6.07, 6.45) is 2.21. The van der Waals surface area contributed by atoms with Gasteiger partial charge >= 0.3 is 0 Å². The van der Waals surface area contributed by atoms with Crippen molar-refractivity contribution in [3.8, 4) is 0 Å². The van der Waals surface area contributed by atoms with Gasteiger partial charge in [0.05, 0.1) is 5.60 Å². The number of carbonyl (C=O) groups is 1. The molecular weight excluding hydrogens is 254 g/mol. The van der Waals surface area contributed by atoms with Crippen LogP contribution >= 0.6 is 0 Å². The average Bonchev–Trinajstić information content (AvgIpc) is 2.35. The first-order valence-corrected chi connectivity index (χ1v) is 7.51. The Bertz CT molecular complexity index is 321. The molecule has 2 unspecified atom stereocenters. The lowest BCUT2D eigenvalue weighted by molar-refractivity contribution is -0.133. The van der Waals surface area contributed by atoms with E-state index in [9.17, 15) is 9.90 Å². The van der Waals surface area contributed by atoms with Crippen molar-refractivity contribution in [2.45, 2.75) is 39.2 Å². The van der Waals surface area contributed by atoms with Crippen molar-refractivity contribution in [3.05, 3.63) is 0 Å². The van der Waals surface area contributed by atoms with Crippen molar-refractivity contribution in [2.75, 3.05) is 40.3 Å². The topological polar surface area (TPSA) is 64.6 Å². The van der Waals surface area contributed by atoms with E-state index in [1.807, 2.05) is 32.8 Å². The first kappa shape index (κ1) is 17.4. The van der Waals surface area contributed by atoms with Crippen molar-refractivity contribution in [1.82, 2.24) is 15.5 Å².